The highest BCUT2D eigenvalue weighted by atomic mass is 16.5. The van der Waals surface area contributed by atoms with Crippen molar-refractivity contribution in [3.63, 3.8) is 0 Å². The molecule has 0 saturated heterocycles. The molecular formula is C40H28N4O2. The van der Waals surface area contributed by atoms with Crippen molar-refractivity contribution in [1.82, 2.24) is 19.9 Å². The molecule has 0 atom stereocenters. The highest BCUT2D eigenvalue weighted by molar-refractivity contribution is 5.98. The molecule has 2 N–H and O–H groups in total. The van der Waals surface area contributed by atoms with Gasteiger partial charge in [0, 0.05) is 40.2 Å². The third-order valence-corrected chi connectivity index (χ3v) is 8.14. The molecule has 6 nitrogen and oxygen atoms in total. The number of benzene rings is 3. The molecule has 0 unspecified atom stereocenters. The molecule has 220 valence electrons. The summed E-state index contributed by atoms with van der Waals surface area (Å²) in [6.07, 6.45) is 8.00. The molecule has 6 heteroatoms. The van der Waals surface area contributed by atoms with E-state index in [0.717, 1.165) is 67.0 Å². The first-order chi connectivity index (χ1) is 22.6. The molecule has 2 aliphatic rings. The molecular weight excluding hydrogens is 568 g/mol. The molecule has 0 aliphatic carbocycles. The van der Waals surface area contributed by atoms with Crippen molar-refractivity contribution in [3.05, 3.63) is 138 Å². The number of nitrogens with zero attached hydrogens (tertiary/aromatic N) is 2. The molecule has 8 rings (SSSR count). The molecule has 3 aromatic carbocycles. The van der Waals surface area contributed by atoms with Gasteiger partial charge in [-0.25, -0.2) is 9.97 Å². The van der Waals surface area contributed by atoms with Crippen molar-refractivity contribution >= 4 is 52.3 Å². The topological polar surface area (TPSA) is 83.7 Å². The third-order valence-electron chi connectivity index (χ3n) is 8.14. The summed E-state index contributed by atoms with van der Waals surface area (Å²) in [5.41, 5.74) is 12.2. The summed E-state index contributed by atoms with van der Waals surface area (Å²) >= 11 is 0. The van der Waals surface area contributed by atoms with E-state index in [4.69, 9.17) is 14.7 Å². The van der Waals surface area contributed by atoms with Crippen LogP contribution in [-0.2, 0) is 4.79 Å². The summed E-state index contributed by atoms with van der Waals surface area (Å²) in [6, 6.07) is 38.8. The molecule has 5 heterocycles. The molecule has 0 fully saturated rings. The van der Waals surface area contributed by atoms with Crippen LogP contribution >= 0.6 is 0 Å². The Morgan fingerprint density at radius 1 is 0.478 bits per heavy atom. The Kier molecular flexibility index (Phi) is 6.73. The van der Waals surface area contributed by atoms with Gasteiger partial charge in [0.15, 0.2) is 5.75 Å². The summed E-state index contributed by atoms with van der Waals surface area (Å²) in [6.45, 7) is 1.40. The van der Waals surface area contributed by atoms with E-state index >= 15 is 0 Å². The lowest BCUT2D eigenvalue weighted by Gasteiger charge is -2.06. The number of carbonyl (C=O) groups is 1. The van der Waals surface area contributed by atoms with E-state index in [1.54, 1.807) is 0 Å². The fraction of sp³-hybridized carbons (Fsp3) is 0.0250. The lowest BCUT2D eigenvalue weighted by Crippen LogP contribution is -2.03. The normalized spacial score (nSPS) is 11.9. The Balaban J connectivity index is 1.57. The van der Waals surface area contributed by atoms with Gasteiger partial charge < -0.3 is 14.7 Å². The number of rotatable bonds is 4. The Morgan fingerprint density at radius 2 is 0.826 bits per heavy atom. The predicted molar refractivity (Wildman–Crippen MR) is 186 cm³/mol. The number of hydrogen-bond donors (Lipinski definition) is 2. The number of H-pyrrole nitrogens is 2. The minimum Gasteiger partial charge on any atom is -0.422 e. The number of nitrogens with one attached hydrogen (secondary N) is 2. The number of hydrogen-bond acceptors (Lipinski definition) is 4. The zero-order valence-electron chi connectivity index (χ0n) is 25.0. The second kappa shape index (κ2) is 11.3. The number of carbonyl (C=O) groups excluding carboxylic acids is 1. The number of esters is 1. The number of fused-ring (bicyclic) bond motifs is 8. The second-order valence-electron chi connectivity index (χ2n) is 11.1. The predicted octanol–water partition coefficient (Wildman–Crippen LogP) is 9.58. The van der Waals surface area contributed by atoms with Crippen molar-refractivity contribution < 1.29 is 9.53 Å². The van der Waals surface area contributed by atoms with Gasteiger partial charge in [0.2, 0.25) is 0 Å². The number of ether oxygens (including phenoxy) is 1. The molecule has 3 aromatic heterocycles. The van der Waals surface area contributed by atoms with Crippen molar-refractivity contribution in [3.8, 4) is 39.1 Å². The van der Waals surface area contributed by atoms with Crippen molar-refractivity contribution in [2.75, 3.05) is 0 Å². The largest absolute Gasteiger partial charge is 0.422 e. The quantitative estimate of drug-likeness (QED) is 0.198. The van der Waals surface area contributed by atoms with E-state index in [2.05, 4.69) is 70.7 Å². The highest BCUT2D eigenvalue weighted by Gasteiger charge is 2.19. The van der Waals surface area contributed by atoms with E-state index in [1.807, 2.05) is 78.9 Å². The van der Waals surface area contributed by atoms with Crippen molar-refractivity contribution in [2.24, 2.45) is 0 Å². The van der Waals surface area contributed by atoms with E-state index in [0.29, 0.717) is 17.0 Å². The number of aromatic nitrogens is 4. The van der Waals surface area contributed by atoms with E-state index in [-0.39, 0.29) is 0 Å². The lowest BCUT2D eigenvalue weighted by atomic mass is 10.0. The lowest BCUT2D eigenvalue weighted by molar-refractivity contribution is -0.131. The molecule has 0 radical (unpaired) electrons. The van der Waals surface area contributed by atoms with Crippen LogP contribution in [0.5, 0.6) is 5.75 Å². The van der Waals surface area contributed by atoms with Crippen LogP contribution < -0.4 is 4.74 Å². The van der Waals surface area contributed by atoms with Crippen LogP contribution in [0, 0.1) is 0 Å². The Labute approximate surface area is 265 Å². The Bertz CT molecular complexity index is 2310. The summed E-state index contributed by atoms with van der Waals surface area (Å²) in [5, 5.41) is 0. The monoisotopic (exact) mass is 596 g/mol. The molecule has 0 amide bonds. The highest BCUT2D eigenvalue weighted by Crippen LogP contribution is 2.37. The minimum atomic E-state index is -0.426. The molecule has 2 aliphatic heterocycles. The average Bonchev–Trinajstić information content (AvgIpc) is 3.91. The van der Waals surface area contributed by atoms with Crippen LogP contribution in [0.2, 0.25) is 0 Å². The van der Waals surface area contributed by atoms with Gasteiger partial charge in [0.25, 0.3) is 0 Å². The first kappa shape index (κ1) is 27.3. The van der Waals surface area contributed by atoms with Crippen LogP contribution in [0.1, 0.15) is 29.7 Å². The van der Waals surface area contributed by atoms with Gasteiger partial charge >= 0.3 is 5.97 Å². The molecule has 46 heavy (non-hydrogen) atoms. The van der Waals surface area contributed by atoms with Gasteiger partial charge in [-0.3, -0.25) is 4.79 Å². The van der Waals surface area contributed by atoms with E-state index in [1.165, 1.54) is 6.92 Å². The molecule has 8 bridgehead atoms. The first-order valence-corrected chi connectivity index (χ1v) is 15.1. The van der Waals surface area contributed by atoms with Gasteiger partial charge in [0.05, 0.1) is 22.6 Å². The maximum atomic E-state index is 12.4. The maximum Gasteiger partial charge on any atom is 0.308 e. The Hall–Kier alpha value is -6.27. The van der Waals surface area contributed by atoms with E-state index < -0.39 is 5.97 Å². The van der Waals surface area contributed by atoms with Crippen LogP contribution in [0.15, 0.2) is 115 Å². The molecule has 0 saturated carbocycles. The summed E-state index contributed by atoms with van der Waals surface area (Å²) in [7, 11) is 0. The van der Waals surface area contributed by atoms with Crippen LogP contribution in [-0.4, -0.2) is 25.9 Å². The fourth-order valence-corrected chi connectivity index (χ4v) is 6.16. The van der Waals surface area contributed by atoms with Gasteiger partial charge in [0.1, 0.15) is 5.69 Å². The van der Waals surface area contributed by atoms with E-state index in [9.17, 15) is 4.79 Å². The maximum absolute atomic E-state index is 12.4. The molecule has 0 spiro atoms. The second-order valence-corrected chi connectivity index (χ2v) is 11.1. The zero-order chi connectivity index (χ0) is 31.0. The van der Waals surface area contributed by atoms with Gasteiger partial charge in [-0.15, -0.1) is 0 Å². The first-order valence-electron chi connectivity index (χ1n) is 15.1. The SMILES string of the molecule is CC(=O)Oc1c2nc(c(-c3ccccc3)c3ccc([nH]3)c(-c3ccccc3)c3nc(c(-c4ccccc4)c4ccc1[nH]4)C=C3)C=C2. The van der Waals surface area contributed by atoms with Crippen LogP contribution in [0.3, 0.4) is 0 Å². The van der Waals surface area contributed by atoms with Gasteiger partial charge in [-0.05, 0) is 65.3 Å². The van der Waals surface area contributed by atoms with Crippen LogP contribution in [0.25, 0.3) is 79.8 Å². The van der Waals surface area contributed by atoms with Crippen molar-refractivity contribution in [1.29, 1.82) is 0 Å². The average molecular weight is 597 g/mol. The van der Waals surface area contributed by atoms with Gasteiger partial charge in [-0.2, -0.15) is 0 Å². The molecule has 6 aromatic rings. The van der Waals surface area contributed by atoms with Gasteiger partial charge in [-0.1, -0.05) is 91.0 Å². The third kappa shape index (κ3) is 4.92. The summed E-state index contributed by atoms with van der Waals surface area (Å²) < 4.78 is 5.83. The zero-order valence-corrected chi connectivity index (χ0v) is 25.0. The van der Waals surface area contributed by atoms with Crippen molar-refractivity contribution in [2.45, 2.75) is 6.92 Å². The summed E-state index contributed by atoms with van der Waals surface area (Å²) in [5.74, 6) is -0.0649. The smallest absolute Gasteiger partial charge is 0.308 e. The van der Waals surface area contributed by atoms with Crippen LogP contribution in [0.4, 0.5) is 0 Å². The Morgan fingerprint density at radius 3 is 1.24 bits per heavy atom. The minimum absolute atomic E-state index is 0.361. The fourth-order valence-electron chi connectivity index (χ4n) is 6.16. The summed E-state index contributed by atoms with van der Waals surface area (Å²) in [4.78, 5) is 29.9. The number of aromatic amines is 2. The standard InChI is InChI=1S/C40H28N4O2/c1-25(45)46-40-35-23-21-33(43-35)38(27-13-7-3-8-14-27)31-19-17-29(41-31)37(26-11-5-2-6-12-26)30-18-20-32(42-30)39(28-15-9-4-10-16-28)34-22-24-36(40)44-34/h2-24,41,44H,1H3.